The third-order valence-corrected chi connectivity index (χ3v) is 3.68. The van der Waals surface area contributed by atoms with Gasteiger partial charge < -0.3 is 16.0 Å². The number of nitrogens with zero attached hydrogens (tertiary/aromatic N) is 1. The van der Waals surface area contributed by atoms with E-state index in [-0.39, 0.29) is 0 Å². The third kappa shape index (κ3) is 5.04. The molecular weight excluding hydrogens is 214 g/mol. The van der Waals surface area contributed by atoms with Gasteiger partial charge in [-0.25, -0.2) is 0 Å². The van der Waals surface area contributed by atoms with Gasteiger partial charge in [-0.05, 0) is 31.2 Å². The predicted octanol–water partition coefficient (Wildman–Crippen LogP) is 0.819. The molecule has 0 spiro atoms. The molecule has 1 saturated heterocycles. The Morgan fingerprint density at radius 3 is 2.47 bits per heavy atom. The maximum atomic E-state index is 12.0. The van der Waals surface area contributed by atoms with E-state index in [9.17, 15) is 4.79 Å². The highest BCUT2D eigenvalue weighted by Crippen LogP contribution is 2.20. The van der Waals surface area contributed by atoms with Gasteiger partial charge in [-0.3, -0.25) is 4.79 Å². The molecule has 1 aliphatic heterocycles. The van der Waals surface area contributed by atoms with Gasteiger partial charge in [-0.1, -0.05) is 13.8 Å². The fourth-order valence-corrected chi connectivity index (χ4v) is 2.41. The molecule has 17 heavy (non-hydrogen) atoms. The molecule has 0 saturated carbocycles. The Morgan fingerprint density at radius 2 is 1.94 bits per heavy atom. The molecule has 0 radical (unpaired) electrons. The zero-order valence-corrected chi connectivity index (χ0v) is 11.2. The van der Waals surface area contributed by atoms with Gasteiger partial charge in [0.1, 0.15) is 0 Å². The fourth-order valence-electron chi connectivity index (χ4n) is 2.41. The molecule has 0 aromatic carbocycles. The molecule has 100 valence electrons. The quantitative estimate of drug-likeness (QED) is 0.724. The molecule has 4 nitrogen and oxygen atoms in total. The summed E-state index contributed by atoms with van der Waals surface area (Å²) in [5, 5.41) is 3.26. The van der Waals surface area contributed by atoms with Crippen molar-refractivity contribution in [1.29, 1.82) is 0 Å². The first-order chi connectivity index (χ1) is 8.15. The maximum absolute atomic E-state index is 12.0. The van der Waals surface area contributed by atoms with Gasteiger partial charge in [-0.2, -0.15) is 0 Å². The molecular formula is C13H27N3O. The van der Waals surface area contributed by atoms with Crippen LogP contribution in [-0.4, -0.2) is 43.5 Å². The van der Waals surface area contributed by atoms with Crippen LogP contribution in [0.1, 0.15) is 33.1 Å². The predicted molar refractivity (Wildman–Crippen MR) is 70.7 cm³/mol. The number of nitrogens with two attached hydrogens (primary N) is 1. The largest absolute Gasteiger partial charge is 0.340 e. The van der Waals surface area contributed by atoms with E-state index in [0.29, 0.717) is 24.2 Å². The number of amides is 1. The molecule has 1 aliphatic rings. The van der Waals surface area contributed by atoms with Crippen LogP contribution >= 0.6 is 0 Å². The number of carbonyl (C=O) groups excluding carboxylic acids is 1. The van der Waals surface area contributed by atoms with Crippen LogP contribution < -0.4 is 11.1 Å². The van der Waals surface area contributed by atoms with E-state index in [2.05, 4.69) is 19.2 Å². The van der Waals surface area contributed by atoms with Crippen molar-refractivity contribution in [1.82, 2.24) is 10.2 Å². The standard InChI is InChI=1S/C13H27N3O/c1-11(2)12(5-6-14)3-4-13(17)16-9-7-15-8-10-16/h11-12,15H,3-10,14H2,1-2H3. The smallest absolute Gasteiger partial charge is 0.222 e. The first-order valence-electron chi connectivity index (χ1n) is 6.83. The summed E-state index contributed by atoms with van der Waals surface area (Å²) < 4.78 is 0. The van der Waals surface area contributed by atoms with Crippen LogP contribution in [-0.2, 0) is 4.79 Å². The molecule has 1 heterocycles. The fraction of sp³-hybridized carbons (Fsp3) is 0.923. The van der Waals surface area contributed by atoms with E-state index in [1.54, 1.807) is 0 Å². The second-order valence-corrected chi connectivity index (χ2v) is 5.25. The van der Waals surface area contributed by atoms with Gasteiger partial charge in [-0.15, -0.1) is 0 Å². The molecule has 1 atom stereocenters. The number of hydrogen-bond acceptors (Lipinski definition) is 3. The van der Waals surface area contributed by atoms with Crippen molar-refractivity contribution in [3.05, 3.63) is 0 Å². The number of hydrogen-bond donors (Lipinski definition) is 2. The Hall–Kier alpha value is -0.610. The van der Waals surface area contributed by atoms with Crippen LogP contribution in [0.15, 0.2) is 0 Å². The summed E-state index contributed by atoms with van der Waals surface area (Å²) >= 11 is 0. The summed E-state index contributed by atoms with van der Waals surface area (Å²) in [5.41, 5.74) is 5.61. The van der Waals surface area contributed by atoms with Crippen molar-refractivity contribution in [2.24, 2.45) is 17.6 Å². The minimum Gasteiger partial charge on any atom is -0.340 e. The topological polar surface area (TPSA) is 58.4 Å². The monoisotopic (exact) mass is 241 g/mol. The van der Waals surface area contributed by atoms with Crippen LogP contribution in [0, 0.1) is 11.8 Å². The van der Waals surface area contributed by atoms with Crippen molar-refractivity contribution >= 4 is 5.91 Å². The summed E-state index contributed by atoms with van der Waals surface area (Å²) in [6.07, 6.45) is 2.70. The van der Waals surface area contributed by atoms with E-state index in [4.69, 9.17) is 5.73 Å². The normalized spacial score (nSPS) is 18.5. The van der Waals surface area contributed by atoms with Crippen LogP contribution in [0.25, 0.3) is 0 Å². The maximum Gasteiger partial charge on any atom is 0.222 e. The van der Waals surface area contributed by atoms with Gasteiger partial charge in [0.2, 0.25) is 5.91 Å². The Labute approximate surface area is 105 Å². The lowest BCUT2D eigenvalue weighted by molar-refractivity contribution is -0.132. The highest BCUT2D eigenvalue weighted by molar-refractivity contribution is 5.76. The van der Waals surface area contributed by atoms with Crippen molar-refractivity contribution in [2.75, 3.05) is 32.7 Å². The molecule has 0 bridgehead atoms. The van der Waals surface area contributed by atoms with E-state index in [0.717, 1.165) is 45.6 Å². The lowest BCUT2D eigenvalue weighted by atomic mass is 9.88. The van der Waals surface area contributed by atoms with Gasteiger partial charge in [0.15, 0.2) is 0 Å². The average molecular weight is 241 g/mol. The molecule has 0 aromatic rings. The SMILES string of the molecule is CC(C)C(CCN)CCC(=O)N1CCNCC1. The highest BCUT2D eigenvalue weighted by atomic mass is 16.2. The van der Waals surface area contributed by atoms with Crippen molar-refractivity contribution in [3.8, 4) is 0 Å². The minimum absolute atomic E-state index is 0.314. The van der Waals surface area contributed by atoms with Crippen LogP contribution in [0.3, 0.4) is 0 Å². The molecule has 4 heteroatoms. The van der Waals surface area contributed by atoms with Crippen molar-refractivity contribution < 1.29 is 4.79 Å². The number of rotatable bonds is 6. The minimum atomic E-state index is 0.314. The molecule has 1 amide bonds. The van der Waals surface area contributed by atoms with Gasteiger partial charge >= 0.3 is 0 Å². The van der Waals surface area contributed by atoms with E-state index < -0.39 is 0 Å². The Kier molecular flexibility index (Phi) is 6.52. The van der Waals surface area contributed by atoms with Crippen molar-refractivity contribution in [2.45, 2.75) is 33.1 Å². The lowest BCUT2D eigenvalue weighted by Gasteiger charge is -2.28. The molecule has 0 aromatic heterocycles. The van der Waals surface area contributed by atoms with Crippen LogP contribution in [0.2, 0.25) is 0 Å². The van der Waals surface area contributed by atoms with Gasteiger partial charge in [0, 0.05) is 32.6 Å². The summed E-state index contributed by atoms with van der Waals surface area (Å²) in [5.74, 6) is 1.52. The van der Waals surface area contributed by atoms with Crippen LogP contribution in [0.5, 0.6) is 0 Å². The summed E-state index contributed by atoms with van der Waals surface area (Å²) in [6, 6.07) is 0. The van der Waals surface area contributed by atoms with E-state index >= 15 is 0 Å². The lowest BCUT2D eigenvalue weighted by Crippen LogP contribution is -2.46. The zero-order chi connectivity index (χ0) is 12.7. The molecule has 1 rings (SSSR count). The molecule has 0 aliphatic carbocycles. The second-order valence-electron chi connectivity index (χ2n) is 5.25. The highest BCUT2D eigenvalue weighted by Gasteiger charge is 2.19. The zero-order valence-electron chi connectivity index (χ0n) is 11.2. The summed E-state index contributed by atoms with van der Waals surface area (Å²) in [6.45, 7) is 8.75. The van der Waals surface area contributed by atoms with Crippen LogP contribution in [0.4, 0.5) is 0 Å². The van der Waals surface area contributed by atoms with Gasteiger partial charge in [0.25, 0.3) is 0 Å². The first kappa shape index (κ1) is 14.5. The summed E-state index contributed by atoms with van der Waals surface area (Å²) in [7, 11) is 0. The third-order valence-electron chi connectivity index (χ3n) is 3.68. The second kappa shape index (κ2) is 7.67. The number of piperazine rings is 1. The Morgan fingerprint density at radius 1 is 1.29 bits per heavy atom. The number of carbonyl (C=O) groups is 1. The Bertz CT molecular complexity index is 225. The molecule has 3 N–H and O–H groups in total. The molecule has 1 fully saturated rings. The van der Waals surface area contributed by atoms with Crippen molar-refractivity contribution in [3.63, 3.8) is 0 Å². The molecule has 1 unspecified atom stereocenters. The van der Waals surface area contributed by atoms with Gasteiger partial charge in [0.05, 0.1) is 0 Å². The first-order valence-corrected chi connectivity index (χ1v) is 6.83. The van der Waals surface area contributed by atoms with E-state index in [1.165, 1.54) is 0 Å². The Balaban J connectivity index is 2.29. The summed E-state index contributed by atoms with van der Waals surface area (Å²) in [4.78, 5) is 14.0. The number of nitrogens with one attached hydrogen (secondary N) is 1. The average Bonchev–Trinajstić information content (AvgIpc) is 2.34. The van der Waals surface area contributed by atoms with E-state index in [1.807, 2.05) is 4.90 Å².